The summed E-state index contributed by atoms with van der Waals surface area (Å²) >= 11 is 0. The Bertz CT molecular complexity index is 638. The SMILES string of the molecule is COc1ccccc1OCCN1CCN(Cc2nc(C)no2)CC1. The van der Waals surface area contributed by atoms with Crippen LogP contribution in [0.1, 0.15) is 11.7 Å². The number of hydrogen-bond donors (Lipinski definition) is 0. The molecule has 1 aromatic carbocycles. The van der Waals surface area contributed by atoms with Gasteiger partial charge in [0.05, 0.1) is 13.7 Å². The fourth-order valence-electron chi connectivity index (χ4n) is 2.79. The maximum Gasteiger partial charge on any atom is 0.240 e. The number of para-hydroxylation sites is 2. The average molecular weight is 332 g/mol. The molecular weight excluding hydrogens is 308 g/mol. The van der Waals surface area contributed by atoms with Gasteiger partial charge in [-0.3, -0.25) is 9.80 Å². The summed E-state index contributed by atoms with van der Waals surface area (Å²) in [6.07, 6.45) is 0. The van der Waals surface area contributed by atoms with Gasteiger partial charge in [-0.1, -0.05) is 17.3 Å². The molecule has 1 aliphatic rings. The second-order valence-corrected chi connectivity index (χ2v) is 5.85. The molecule has 1 saturated heterocycles. The Labute approximate surface area is 142 Å². The zero-order valence-corrected chi connectivity index (χ0v) is 14.3. The van der Waals surface area contributed by atoms with Crippen molar-refractivity contribution in [3.8, 4) is 11.5 Å². The summed E-state index contributed by atoms with van der Waals surface area (Å²) in [5.74, 6) is 2.96. The van der Waals surface area contributed by atoms with Crippen LogP contribution in [0.2, 0.25) is 0 Å². The molecule has 7 nitrogen and oxygen atoms in total. The van der Waals surface area contributed by atoms with E-state index in [1.165, 1.54) is 0 Å². The molecule has 1 fully saturated rings. The number of ether oxygens (including phenoxy) is 2. The predicted octanol–water partition coefficient (Wildman–Crippen LogP) is 1.58. The van der Waals surface area contributed by atoms with Gasteiger partial charge in [-0.2, -0.15) is 4.98 Å². The van der Waals surface area contributed by atoms with Crippen LogP contribution in [-0.2, 0) is 6.54 Å². The molecule has 3 rings (SSSR count). The molecule has 7 heteroatoms. The third kappa shape index (κ3) is 4.46. The Morgan fingerprint density at radius 3 is 2.46 bits per heavy atom. The van der Waals surface area contributed by atoms with Gasteiger partial charge in [0.1, 0.15) is 6.61 Å². The average Bonchev–Trinajstić information content (AvgIpc) is 3.02. The Morgan fingerprint density at radius 2 is 1.79 bits per heavy atom. The van der Waals surface area contributed by atoms with Gasteiger partial charge in [-0.05, 0) is 19.1 Å². The van der Waals surface area contributed by atoms with Crippen molar-refractivity contribution in [2.45, 2.75) is 13.5 Å². The minimum absolute atomic E-state index is 0.656. The van der Waals surface area contributed by atoms with Crippen LogP contribution in [-0.4, -0.2) is 66.4 Å². The Morgan fingerprint density at radius 1 is 1.08 bits per heavy atom. The number of aromatic nitrogens is 2. The molecule has 2 heterocycles. The van der Waals surface area contributed by atoms with Gasteiger partial charge >= 0.3 is 0 Å². The normalized spacial score (nSPS) is 16.2. The summed E-state index contributed by atoms with van der Waals surface area (Å²) in [6.45, 7) is 8.16. The molecule has 1 aromatic heterocycles. The van der Waals surface area contributed by atoms with E-state index < -0.39 is 0 Å². The molecule has 1 aliphatic heterocycles. The Balaban J connectivity index is 1.38. The van der Waals surface area contributed by atoms with E-state index >= 15 is 0 Å². The first-order valence-corrected chi connectivity index (χ1v) is 8.24. The first-order valence-electron chi connectivity index (χ1n) is 8.24. The highest BCUT2D eigenvalue weighted by Gasteiger charge is 2.18. The monoisotopic (exact) mass is 332 g/mol. The molecule has 0 saturated carbocycles. The van der Waals surface area contributed by atoms with Crippen molar-refractivity contribution in [3.05, 3.63) is 36.0 Å². The number of nitrogens with zero attached hydrogens (tertiary/aromatic N) is 4. The molecule has 0 unspecified atom stereocenters. The van der Waals surface area contributed by atoms with Crippen LogP contribution in [0.15, 0.2) is 28.8 Å². The number of methoxy groups -OCH3 is 1. The van der Waals surface area contributed by atoms with Crippen molar-refractivity contribution in [2.24, 2.45) is 0 Å². The number of piperazine rings is 1. The van der Waals surface area contributed by atoms with Crippen molar-refractivity contribution < 1.29 is 14.0 Å². The molecule has 0 amide bonds. The van der Waals surface area contributed by atoms with E-state index in [1.54, 1.807) is 7.11 Å². The smallest absolute Gasteiger partial charge is 0.240 e. The van der Waals surface area contributed by atoms with E-state index in [4.69, 9.17) is 14.0 Å². The second-order valence-electron chi connectivity index (χ2n) is 5.85. The first kappa shape index (κ1) is 16.7. The fraction of sp³-hybridized carbons (Fsp3) is 0.529. The van der Waals surface area contributed by atoms with Gasteiger partial charge in [-0.25, -0.2) is 0 Å². The van der Waals surface area contributed by atoms with Crippen molar-refractivity contribution in [1.82, 2.24) is 19.9 Å². The highest BCUT2D eigenvalue weighted by atomic mass is 16.5. The molecule has 0 radical (unpaired) electrons. The molecule has 0 spiro atoms. The summed E-state index contributed by atoms with van der Waals surface area (Å²) in [4.78, 5) is 9.00. The topological polar surface area (TPSA) is 63.9 Å². The summed E-state index contributed by atoms with van der Waals surface area (Å²) in [5.41, 5.74) is 0. The third-order valence-electron chi connectivity index (χ3n) is 4.13. The minimum atomic E-state index is 0.656. The molecule has 0 bridgehead atoms. The molecule has 0 aliphatic carbocycles. The molecular formula is C17H24N4O3. The van der Waals surface area contributed by atoms with Crippen LogP contribution in [0.25, 0.3) is 0 Å². The van der Waals surface area contributed by atoms with E-state index in [-0.39, 0.29) is 0 Å². The summed E-state index contributed by atoms with van der Waals surface area (Å²) in [6, 6.07) is 7.74. The zero-order valence-electron chi connectivity index (χ0n) is 14.3. The Hall–Kier alpha value is -2.12. The van der Waals surface area contributed by atoms with Crippen LogP contribution in [0.3, 0.4) is 0 Å². The van der Waals surface area contributed by atoms with Gasteiger partial charge < -0.3 is 14.0 Å². The molecule has 2 aromatic rings. The first-order chi connectivity index (χ1) is 11.7. The molecule has 130 valence electrons. The zero-order chi connectivity index (χ0) is 16.8. The standard InChI is InChI=1S/C17H24N4O3/c1-14-18-17(24-19-14)13-21-9-7-20(8-10-21)11-12-23-16-6-4-3-5-15(16)22-2/h3-6H,7-13H2,1-2H3. The number of hydrogen-bond acceptors (Lipinski definition) is 7. The van der Waals surface area contributed by atoms with Crippen LogP contribution < -0.4 is 9.47 Å². The van der Waals surface area contributed by atoms with Gasteiger partial charge in [0.25, 0.3) is 0 Å². The predicted molar refractivity (Wildman–Crippen MR) is 89.2 cm³/mol. The van der Waals surface area contributed by atoms with Gasteiger partial charge in [-0.15, -0.1) is 0 Å². The van der Waals surface area contributed by atoms with Gasteiger partial charge in [0.2, 0.25) is 5.89 Å². The lowest BCUT2D eigenvalue weighted by Crippen LogP contribution is -2.47. The van der Waals surface area contributed by atoms with E-state index in [0.717, 1.165) is 50.8 Å². The van der Waals surface area contributed by atoms with Gasteiger partial charge in [0.15, 0.2) is 17.3 Å². The number of aryl methyl sites for hydroxylation is 1. The van der Waals surface area contributed by atoms with Crippen molar-refractivity contribution in [3.63, 3.8) is 0 Å². The van der Waals surface area contributed by atoms with Gasteiger partial charge in [0, 0.05) is 32.7 Å². The fourth-order valence-corrected chi connectivity index (χ4v) is 2.79. The summed E-state index contributed by atoms with van der Waals surface area (Å²) < 4.78 is 16.3. The van der Waals surface area contributed by atoms with Crippen molar-refractivity contribution in [2.75, 3.05) is 46.4 Å². The number of rotatable bonds is 7. The van der Waals surface area contributed by atoms with E-state index in [2.05, 4.69) is 19.9 Å². The lowest BCUT2D eigenvalue weighted by molar-refractivity contribution is 0.104. The van der Waals surface area contributed by atoms with Crippen LogP contribution in [0.5, 0.6) is 11.5 Å². The quantitative estimate of drug-likeness (QED) is 0.763. The number of benzene rings is 1. The van der Waals surface area contributed by atoms with Crippen molar-refractivity contribution in [1.29, 1.82) is 0 Å². The second kappa shape index (κ2) is 8.12. The minimum Gasteiger partial charge on any atom is -0.493 e. The highest BCUT2D eigenvalue weighted by Crippen LogP contribution is 2.25. The third-order valence-corrected chi connectivity index (χ3v) is 4.13. The maximum atomic E-state index is 5.84. The van der Waals surface area contributed by atoms with E-state index in [0.29, 0.717) is 18.3 Å². The van der Waals surface area contributed by atoms with Crippen molar-refractivity contribution >= 4 is 0 Å². The summed E-state index contributed by atoms with van der Waals surface area (Å²) in [7, 11) is 1.66. The van der Waals surface area contributed by atoms with E-state index in [9.17, 15) is 0 Å². The maximum absolute atomic E-state index is 5.84. The Kier molecular flexibility index (Phi) is 5.66. The largest absolute Gasteiger partial charge is 0.493 e. The summed E-state index contributed by atoms with van der Waals surface area (Å²) in [5, 5.41) is 3.83. The van der Waals surface area contributed by atoms with Crippen LogP contribution in [0.4, 0.5) is 0 Å². The lowest BCUT2D eigenvalue weighted by atomic mass is 10.3. The molecule has 0 atom stereocenters. The van der Waals surface area contributed by atoms with E-state index in [1.807, 2.05) is 31.2 Å². The van der Waals surface area contributed by atoms with Crippen LogP contribution in [0, 0.1) is 6.92 Å². The molecule has 24 heavy (non-hydrogen) atoms. The van der Waals surface area contributed by atoms with Crippen LogP contribution >= 0.6 is 0 Å². The highest BCUT2D eigenvalue weighted by molar-refractivity contribution is 5.39. The molecule has 0 N–H and O–H groups in total. The lowest BCUT2D eigenvalue weighted by Gasteiger charge is -2.33.